The second-order valence-electron chi connectivity index (χ2n) is 6.39. The summed E-state index contributed by atoms with van der Waals surface area (Å²) < 4.78 is 1.04. The van der Waals surface area contributed by atoms with Crippen LogP contribution in [0.15, 0.2) is 30.3 Å². The van der Waals surface area contributed by atoms with Crippen molar-refractivity contribution >= 4 is 33.3 Å². The van der Waals surface area contributed by atoms with Gasteiger partial charge in [0.2, 0.25) is 0 Å². The largest absolute Gasteiger partial charge is 0.481 e. The molecule has 0 spiro atoms. The molecule has 3 rings (SSSR count). The lowest BCUT2D eigenvalue weighted by atomic mass is 9.74. The first-order valence-electron chi connectivity index (χ1n) is 8.17. The van der Waals surface area contributed by atoms with Crippen molar-refractivity contribution < 1.29 is 19.8 Å². The Morgan fingerprint density at radius 1 is 1.38 bits per heavy atom. The number of hydrogen-bond donors (Lipinski definition) is 2. The van der Waals surface area contributed by atoms with Gasteiger partial charge in [-0.3, -0.25) is 9.59 Å². The Hall–Kier alpha value is -1.92. The van der Waals surface area contributed by atoms with Gasteiger partial charge in [-0.15, -0.1) is 11.3 Å². The van der Waals surface area contributed by atoms with Crippen LogP contribution in [-0.2, 0) is 4.79 Å². The third kappa shape index (κ3) is 2.80. The van der Waals surface area contributed by atoms with Crippen molar-refractivity contribution in [2.45, 2.75) is 32.3 Å². The second kappa shape index (κ2) is 6.53. The molecule has 2 atom stereocenters. The number of carbonyl (C=O) groups is 2. The summed E-state index contributed by atoms with van der Waals surface area (Å²) in [6, 6.07) is 9.64. The number of rotatable bonds is 4. The summed E-state index contributed by atoms with van der Waals surface area (Å²) in [6.45, 7) is 2.33. The molecule has 0 aliphatic carbocycles. The summed E-state index contributed by atoms with van der Waals surface area (Å²) in [6.07, 6.45) is 0.387. The molecule has 1 amide bonds. The minimum absolute atomic E-state index is 0.0599. The van der Waals surface area contributed by atoms with Gasteiger partial charge in [-0.05, 0) is 30.4 Å². The summed E-state index contributed by atoms with van der Waals surface area (Å²) in [5.74, 6) is -1.17. The van der Waals surface area contributed by atoms with Gasteiger partial charge >= 0.3 is 5.97 Å². The van der Waals surface area contributed by atoms with Crippen LogP contribution in [0.1, 0.15) is 35.9 Å². The van der Waals surface area contributed by atoms with Gasteiger partial charge in [0.15, 0.2) is 0 Å². The number of benzene rings is 1. The zero-order valence-corrected chi connectivity index (χ0v) is 14.4. The fourth-order valence-electron chi connectivity index (χ4n) is 3.50. The number of aliphatic hydroxyl groups is 1. The van der Waals surface area contributed by atoms with E-state index < -0.39 is 17.5 Å². The second-order valence-corrected chi connectivity index (χ2v) is 7.47. The van der Waals surface area contributed by atoms with Crippen LogP contribution in [0, 0.1) is 5.41 Å². The number of carboxylic acids is 1. The Morgan fingerprint density at radius 2 is 2.12 bits per heavy atom. The molecule has 0 bridgehead atoms. The molecule has 1 aromatic carbocycles. The number of piperidine rings is 1. The van der Waals surface area contributed by atoms with E-state index in [1.807, 2.05) is 37.3 Å². The topological polar surface area (TPSA) is 77.8 Å². The van der Waals surface area contributed by atoms with Crippen molar-refractivity contribution in [3.8, 4) is 0 Å². The number of carboxylic acid groups (broad SMARTS) is 1. The van der Waals surface area contributed by atoms with E-state index in [9.17, 15) is 19.8 Å². The molecule has 0 radical (unpaired) electrons. The van der Waals surface area contributed by atoms with Crippen LogP contribution in [-0.4, -0.2) is 46.2 Å². The molecule has 2 aromatic rings. The van der Waals surface area contributed by atoms with Crippen LogP contribution in [0.3, 0.4) is 0 Å². The van der Waals surface area contributed by atoms with Crippen LogP contribution in [0.4, 0.5) is 0 Å². The smallest absolute Gasteiger partial charge is 0.314 e. The molecule has 1 fully saturated rings. The van der Waals surface area contributed by atoms with Crippen molar-refractivity contribution in [3.05, 3.63) is 35.2 Å². The minimum atomic E-state index is -1.26. The zero-order chi connectivity index (χ0) is 17.3. The van der Waals surface area contributed by atoms with E-state index in [-0.39, 0.29) is 12.5 Å². The number of aliphatic hydroxyl groups excluding tert-OH is 1. The molecule has 1 aliphatic heterocycles. The van der Waals surface area contributed by atoms with Crippen molar-refractivity contribution in [1.29, 1.82) is 0 Å². The molecule has 2 N–H and O–H groups in total. The highest BCUT2D eigenvalue weighted by molar-refractivity contribution is 7.20. The molecule has 1 aliphatic rings. The molecule has 0 saturated carbocycles. The molecule has 24 heavy (non-hydrogen) atoms. The molecule has 1 aromatic heterocycles. The van der Waals surface area contributed by atoms with Gasteiger partial charge in [0.1, 0.15) is 5.41 Å². The van der Waals surface area contributed by atoms with Gasteiger partial charge in [0, 0.05) is 17.8 Å². The van der Waals surface area contributed by atoms with Crippen LogP contribution >= 0.6 is 11.3 Å². The molecular weight excluding hydrogens is 326 g/mol. The van der Waals surface area contributed by atoms with E-state index in [2.05, 4.69) is 0 Å². The number of likely N-dealkylation sites (tertiary alicyclic amines) is 1. The first kappa shape index (κ1) is 16.9. The van der Waals surface area contributed by atoms with Crippen molar-refractivity contribution in [2.75, 3.05) is 13.1 Å². The predicted octanol–water partition coefficient (Wildman–Crippen LogP) is 2.98. The van der Waals surface area contributed by atoms with Crippen LogP contribution in [0.25, 0.3) is 10.1 Å². The predicted molar refractivity (Wildman–Crippen MR) is 93.3 cm³/mol. The zero-order valence-electron chi connectivity index (χ0n) is 13.6. The Kier molecular flexibility index (Phi) is 4.60. The number of thiophene rings is 1. The third-order valence-electron chi connectivity index (χ3n) is 4.83. The molecule has 2 heterocycles. The van der Waals surface area contributed by atoms with E-state index in [1.54, 1.807) is 4.90 Å². The quantitative estimate of drug-likeness (QED) is 0.891. The molecule has 0 unspecified atom stereocenters. The Bertz CT molecular complexity index is 738. The highest BCUT2D eigenvalue weighted by Crippen LogP contribution is 2.37. The van der Waals surface area contributed by atoms with Gasteiger partial charge in [-0.25, -0.2) is 0 Å². The van der Waals surface area contributed by atoms with E-state index in [4.69, 9.17) is 0 Å². The first-order chi connectivity index (χ1) is 11.5. The minimum Gasteiger partial charge on any atom is -0.481 e. The number of amides is 1. The molecular formula is C18H21NO4S. The Labute approximate surface area is 144 Å². The summed E-state index contributed by atoms with van der Waals surface area (Å²) in [5.41, 5.74) is -1.26. The van der Waals surface area contributed by atoms with Gasteiger partial charge in [-0.1, -0.05) is 31.5 Å². The summed E-state index contributed by atoms with van der Waals surface area (Å²) >= 11 is 1.42. The lowest BCUT2D eigenvalue weighted by Gasteiger charge is -2.43. The molecule has 6 heteroatoms. The average Bonchev–Trinajstić information content (AvgIpc) is 3.00. The standard InChI is InChI=1S/C18H21NO4S/c1-2-8-18(17(22)23)11-19(9-7-15(18)20)16(21)14-10-12-5-3-4-6-13(12)24-14/h3-6,10,15,20H,2,7-9,11H2,1H3,(H,22,23)/t15-,18-/m1/s1. The number of aliphatic carboxylic acids is 1. The summed E-state index contributed by atoms with van der Waals surface area (Å²) in [4.78, 5) is 26.9. The number of hydrogen-bond acceptors (Lipinski definition) is 4. The van der Waals surface area contributed by atoms with Crippen LogP contribution in [0.5, 0.6) is 0 Å². The lowest BCUT2D eigenvalue weighted by Crippen LogP contribution is -2.57. The van der Waals surface area contributed by atoms with Gasteiger partial charge in [-0.2, -0.15) is 0 Å². The monoisotopic (exact) mass is 347 g/mol. The normalized spacial score (nSPS) is 24.2. The fourth-order valence-corrected chi connectivity index (χ4v) is 4.54. The maximum absolute atomic E-state index is 12.9. The van der Waals surface area contributed by atoms with Gasteiger partial charge < -0.3 is 15.1 Å². The average molecular weight is 347 g/mol. The fraction of sp³-hybridized carbons (Fsp3) is 0.444. The van der Waals surface area contributed by atoms with E-state index >= 15 is 0 Å². The van der Waals surface area contributed by atoms with E-state index in [0.717, 1.165) is 10.1 Å². The van der Waals surface area contributed by atoms with Gasteiger partial charge in [0.25, 0.3) is 5.91 Å². The summed E-state index contributed by atoms with van der Waals surface area (Å²) in [5, 5.41) is 21.0. The Balaban J connectivity index is 1.88. The van der Waals surface area contributed by atoms with Crippen molar-refractivity contribution in [2.24, 2.45) is 5.41 Å². The van der Waals surface area contributed by atoms with Crippen LogP contribution < -0.4 is 0 Å². The number of fused-ring (bicyclic) bond motifs is 1. The SMILES string of the molecule is CCC[C@@]1(C(=O)O)CN(C(=O)c2cc3ccccc3s2)CC[C@H]1O. The first-order valence-corrected chi connectivity index (χ1v) is 8.99. The van der Waals surface area contributed by atoms with Crippen molar-refractivity contribution in [3.63, 3.8) is 0 Å². The van der Waals surface area contributed by atoms with Crippen molar-refractivity contribution in [1.82, 2.24) is 4.90 Å². The number of carbonyl (C=O) groups excluding carboxylic acids is 1. The molecule has 128 valence electrons. The maximum atomic E-state index is 12.9. The number of nitrogens with zero attached hydrogens (tertiary/aromatic N) is 1. The lowest BCUT2D eigenvalue weighted by molar-refractivity contribution is -0.162. The molecule has 5 nitrogen and oxygen atoms in total. The molecule has 1 saturated heterocycles. The summed E-state index contributed by atoms with van der Waals surface area (Å²) in [7, 11) is 0. The van der Waals surface area contributed by atoms with Gasteiger partial charge in [0.05, 0.1) is 11.0 Å². The van der Waals surface area contributed by atoms with E-state index in [0.29, 0.717) is 30.7 Å². The highest BCUT2D eigenvalue weighted by atomic mass is 32.1. The van der Waals surface area contributed by atoms with E-state index in [1.165, 1.54) is 11.3 Å². The van der Waals surface area contributed by atoms with Crippen LogP contribution in [0.2, 0.25) is 0 Å². The Morgan fingerprint density at radius 3 is 2.79 bits per heavy atom. The highest BCUT2D eigenvalue weighted by Gasteiger charge is 2.49. The third-order valence-corrected chi connectivity index (χ3v) is 5.93. The maximum Gasteiger partial charge on any atom is 0.314 e.